The molecule has 0 radical (unpaired) electrons. The Morgan fingerprint density at radius 1 is 1.04 bits per heavy atom. The molecule has 2 bridgehead atoms. The second-order valence-electron chi connectivity index (χ2n) is 17.1. The fourth-order valence-electron chi connectivity index (χ4n) is 9.65. The van der Waals surface area contributed by atoms with E-state index in [4.69, 9.17) is 23.7 Å². The number of carbonyl (C=O) groups excluding carboxylic acids is 3. The van der Waals surface area contributed by atoms with E-state index in [1.165, 1.54) is 19.3 Å². The molecule has 6 rings (SSSR count). The molecule has 1 amide bonds. The van der Waals surface area contributed by atoms with E-state index in [0.29, 0.717) is 19.3 Å². The van der Waals surface area contributed by atoms with E-state index < -0.39 is 59.2 Å². The minimum Gasteiger partial charge on any atom is -0.457 e. The predicted octanol–water partition coefficient (Wildman–Crippen LogP) is 4.30. The lowest BCUT2D eigenvalue weighted by Gasteiger charge is -2.49. The van der Waals surface area contributed by atoms with Crippen molar-refractivity contribution in [1.29, 1.82) is 0 Å². The van der Waals surface area contributed by atoms with Crippen molar-refractivity contribution in [3.8, 4) is 0 Å². The molecule has 0 aromatic carbocycles. The van der Waals surface area contributed by atoms with Gasteiger partial charge in [0.15, 0.2) is 17.7 Å². The van der Waals surface area contributed by atoms with Gasteiger partial charge in [-0.2, -0.15) is 0 Å². The third-order valence-corrected chi connectivity index (χ3v) is 12.8. The highest BCUT2D eigenvalue weighted by Gasteiger charge is 2.58. The summed E-state index contributed by atoms with van der Waals surface area (Å²) >= 11 is 0. The molecule has 12 heteroatoms. The molecule has 50 heavy (non-hydrogen) atoms. The smallest absolute Gasteiger partial charge is 0.408 e. The Balaban J connectivity index is 1.49. The first-order chi connectivity index (χ1) is 23.5. The van der Waals surface area contributed by atoms with E-state index in [1.54, 1.807) is 13.8 Å². The number of hydrogen-bond acceptors (Lipinski definition) is 11. The molecule has 2 N–H and O–H groups in total. The number of nitrogens with zero attached hydrogens (tertiary/aromatic N) is 2. The van der Waals surface area contributed by atoms with E-state index in [9.17, 15) is 19.5 Å². The number of ether oxygens (including phenoxy) is 5. The Morgan fingerprint density at radius 3 is 2.40 bits per heavy atom. The van der Waals surface area contributed by atoms with Crippen molar-refractivity contribution in [2.45, 2.75) is 160 Å². The highest BCUT2D eigenvalue weighted by Crippen LogP contribution is 2.44. The van der Waals surface area contributed by atoms with Gasteiger partial charge >= 0.3 is 12.1 Å². The van der Waals surface area contributed by atoms with Crippen LogP contribution in [0.2, 0.25) is 0 Å². The van der Waals surface area contributed by atoms with Crippen molar-refractivity contribution in [1.82, 2.24) is 15.1 Å². The first kappa shape index (κ1) is 39.4. The van der Waals surface area contributed by atoms with E-state index in [2.05, 4.69) is 24.1 Å². The van der Waals surface area contributed by atoms with Crippen LogP contribution in [-0.2, 0) is 33.3 Å². The van der Waals surface area contributed by atoms with Gasteiger partial charge in [-0.05, 0) is 105 Å². The zero-order valence-corrected chi connectivity index (χ0v) is 32.1. The first-order valence-electron chi connectivity index (χ1n) is 19.3. The number of esters is 1. The van der Waals surface area contributed by atoms with Crippen LogP contribution in [0.3, 0.4) is 0 Å². The first-order valence-corrected chi connectivity index (χ1v) is 19.3. The normalized spacial score (nSPS) is 45.5. The molecule has 0 aromatic heterocycles. The largest absolute Gasteiger partial charge is 0.457 e. The zero-order valence-electron chi connectivity index (χ0n) is 32.1. The summed E-state index contributed by atoms with van der Waals surface area (Å²) in [7, 11) is 3.93. The minimum absolute atomic E-state index is 0.0219. The number of rotatable bonds is 6. The Morgan fingerprint density at radius 2 is 1.74 bits per heavy atom. The van der Waals surface area contributed by atoms with Crippen LogP contribution in [0.15, 0.2) is 0 Å². The highest BCUT2D eigenvalue weighted by molar-refractivity contribution is 6.04. The Bertz CT molecular complexity index is 1210. The van der Waals surface area contributed by atoms with Crippen molar-refractivity contribution < 1.29 is 43.2 Å². The average molecular weight is 708 g/mol. The molecule has 0 spiro atoms. The van der Waals surface area contributed by atoms with Crippen LogP contribution in [0, 0.1) is 23.2 Å². The average Bonchev–Trinajstić information content (AvgIpc) is 3.38. The van der Waals surface area contributed by atoms with Crippen LogP contribution < -0.4 is 5.32 Å². The maximum absolute atomic E-state index is 14.7. The molecule has 12 nitrogen and oxygen atoms in total. The molecule has 0 saturated carbocycles. The Labute approximate surface area is 299 Å². The lowest BCUT2D eigenvalue weighted by atomic mass is 9.70. The number of Topliss-reactive ketones (excluding diaryl/α,β-unsaturated/α-hetero) is 1. The molecule has 6 heterocycles. The number of nitrogens with one attached hydrogen (secondary N) is 1. The monoisotopic (exact) mass is 707 g/mol. The van der Waals surface area contributed by atoms with Crippen LogP contribution in [0.25, 0.3) is 0 Å². The quantitative estimate of drug-likeness (QED) is 0.302. The molecule has 6 aliphatic heterocycles. The number of likely N-dealkylation sites (tertiary alicyclic amines) is 1. The minimum atomic E-state index is -1.54. The van der Waals surface area contributed by atoms with Gasteiger partial charge in [0.2, 0.25) is 0 Å². The fraction of sp³-hybridized carbons (Fsp3) is 0.921. The van der Waals surface area contributed by atoms with Crippen molar-refractivity contribution in [2.24, 2.45) is 23.2 Å². The lowest BCUT2D eigenvalue weighted by molar-refractivity contribution is -0.303. The summed E-state index contributed by atoms with van der Waals surface area (Å²) < 4.78 is 32.4. The summed E-state index contributed by atoms with van der Waals surface area (Å²) in [4.78, 5) is 46.1. The number of fused-ring (bicyclic) bond motifs is 10. The van der Waals surface area contributed by atoms with Gasteiger partial charge in [0, 0.05) is 25.1 Å². The predicted molar refractivity (Wildman–Crippen MR) is 187 cm³/mol. The molecular weight excluding hydrogens is 642 g/mol. The van der Waals surface area contributed by atoms with E-state index in [0.717, 1.165) is 32.5 Å². The number of aliphatic hydroxyl groups excluding tert-OH is 1. The number of likely N-dealkylation sites (N-methyl/N-ethyl adjacent to an activating group) is 1. The van der Waals surface area contributed by atoms with Crippen molar-refractivity contribution in [3.05, 3.63) is 0 Å². The summed E-state index contributed by atoms with van der Waals surface area (Å²) in [5.74, 6) is -1.56. The fourth-order valence-corrected chi connectivity index (χ4v) is 9.65. The molecular formula is C38H65N3O9. The number of alkyl carbamates (subject to hydrolysis) is 1. The van der Waals surface area contributed by atoms with Crippen LogP contribution in [0.1, 0.15) is 106 Å². The lowest BCUT2D eigenvalue weighted by Crippen LogP contribution is -2.62. The summed E-state index contributed by atoms with van der Waals surface area (Å²) in [6.45, 7) is 16.4. The van der Waals surface area contributed by atoms with Crippen LogP contribution in [-0.4, -0.2) is 127 Å². The number of ketones is 1. The summed E-state index contributed by atoms with van der Waals surface area (Å²) in [5.41, 5.74) is -3.56. The molecule has 0 aliphatic carbocycles. The van der Waals surface area contributed by atoms with Crippen molar-refractivity contribution in [3.63, 3.8) is 0 Å². The third kappa shape index (κ3) is 7.90. The van der Waals surface area contributed by atoms with Gasteiger partial charge in [-0.3, -0.25) is 9.59 Å². The SMILES string of the molecule is CC[C@H]1OC(=O)[C@@]2(C)CCO[C@@](C)(C[C@@H](C)CC[C@H](C)[C@H]3NC(=O)O[C@@]31C)[C@H](O[C@@H]1O[C@H](CN3CCCCC3)C[C@H](N(C)C)[C@H]1O)[C@@H](C)C2=O. The van der Waals surface area contributed by atoms with Gasteiger partial charge in [0.05, 0.1) is 23.9 Å². The Kier molecular flexibility index (Phi) is 12.3. The Hall–Kier alpha value is -1.83. The van der Waals surface area contributed by atoms with Gasteiger partial charge in [-0.25, -0.2) is 4.79 Å². The summed E-state index contributed by atoms with van der Waals surface area (Å²) in [6, 6.07) is -0.575. The van der Waals surface area contributed by atoms with E-state index >= 15 is 0 Å². The second-order valence-corrected chi connectivity index (χ2v) is 17.1. The standard InChI is InChI=1S/C38H65N3O9/c1-10-28-38(7)30(39-35(45)50-38)24(3)15-14-23(2)21-37(6)32(25(4)31(43)36(5,16-19-46-37)34(44)48-28)49-33-29(42)27(40(8)9)20-26(47-33)22-41-17-12-11-13-18-41/h23-30,32-33,42H,10-22H2,1-9H3,(H,39,45)/t23-,24-,25-,26-,27-,28+,29+,30+,32+,33-,36-,37-,38+/m0/s1. The molecule has 13 atom stereocenters. The summed E-state index contributed by atoms with van der Waals surface area (Å²) in [6.07, 6.45) is 2.78. The maximum atomic E-state index is 14.7. The highest BCUT2D eigenvalue weighted by atomic mass is 16.7. The molecule has 0 unspecified atom stereocenters. The van der Waals surface area contributed by atoms with Crippen molar-refractivity contribution >= 4 is 17.8 Å². The van der Waals surface area contributed by atoms with E-state index in [-0.39, 0.29) is 48.8 Å². The summed E-state index contributed by atoms with van der Waals surface area (Å²) in [5, 5.41) is 14.7. The third-order valence-electron chi connectivity index (χ3n) is 12.8. The van der Waals surface area contributed by atoms with Gasteiger partial charge in [0.1, 0.15) is 17.6 Å². The van der Waals surface area contributed by atoms with Crippen LogP contribution >= 0.6 is 0 Å². The number of aliphatic hydroxyl groups is 1. The molecule has 6 saturated heterocycles. The van der Waals surface area contributed by atoms with E-state index in [1.807, 2.05) is 39.8 Å². The van der Waals surface area contributed by atoms with Crippen molar-refractivity contribution in [2.75, 3.05) is 40.3 Å². The number of amides is 1. The molecule has 0 aromatic rings. The van der Waals surface area contributed by atoms with Crippen LogP contribution in [0.5, 0.6) is 0 Å². The molecule has 286 valence electrons. The van der Waals surface area contributed by atoms with Gasteiger partial charge in [0.25, 0.3) is 0 Å². The van der Waals surface area contributed by atoms with Crippen LogP contribution in [0.4, 0.5) is 4.79 Å². The van der Waals surface area contributed by atoms with Gasteiger partial charge in [-0.15, -0.1) is 0 Å². The number of piperidine rings is 1. The topological polar surface area (TPSA) is 136 Å². The zero-order chi connectivity index (χ0) is 36.6. The number of hydrogen-bond donors (Lipinski definition) is 2. The molecule has 6 fully saturated rings. The maximum Gasteiger partial charge on any atom is 0.408 e. The molecule has 6 aliphatic rings. The van der Waals surface area contributed by atoms with Gasteiger partial charge < -0.3 is 43.9 Å². The number of carbonyl (C=O) groups is 3. The van der Waals surface area contributed by atoms with Gasteiger partial charge in [-0.1, -0.05) is 40.5 Å². The second kappa shape index (κ2) is 15.6.